The van der Waals surface area contributed by atoms with E-state index in [9.17, 15) is 18.0 Å². The summed E-state index contributed by atoms with van der Waals surface area (Å²) in [6.45, 7) is 4.68. The molecule has 11 heteroatoms. The van der Waals surface area contributed by atoms with Gasteiger partial charge in [-0.2, -0.15) is 4.31 Å². The van der Waals surface area contributed by atoms with Gasteiger partial charge in [-0.25, -0.2) is 8.42 Å². The monoisotopic (exact) mass is 576 g/mol. The van der Waals surface area contributed by atoms with Gasteiger partial charge in [-0.3, -0.25) is 9.59 Å². The number of thiophene rings is 1. The standard InChI is InChI=1S/C28H36N2O7S2/c1-27(2)21-8-9-28(27,25(31)14-21)18-39(33,34)30(10-11-35-3)17-26(32)29(16-22-5-4-12-38-22)15-20-6-7-23-24(13-20)37-19-36-23/h4-7,12-13,21H,8-11,14-19H2,1-3H3. The molecule has 1 aromatic carbocycles. The molecule has 0 N–H and O–H groups in total. The number of methoxy groups -OCH3 is 1. The minimum atomic E-state index is -3.95. The van der Waals surface area contributed by atoms with Gasteiger partial charge in [-0.05, 0) is 53.3 Å². The molecule has 2 aromatic rings. The molecule has 5 rings (SSSR count). The highest BCUT2D eigenvalue weighted by atomic mass is 32.2. The van der Waals surface area contributed by atoms with Crippen LogP contribution in [0.15, 0.2) is 35.7 Å². The first-order valence-corrected chi connectivity index (χ1v) is 15.7. The molecular formula is C28H36N2O7S2. The number of rotatable bonds is 12. The van der Waals surface area contributed by atoms with Crippen molar-refractivity contribution in [2.75, 3.05) is 39.4 Å². The Labute approximate surface area is 234 Å². The molecule has 0 radical (unpaired) electrons. The van der Waals surface area contributed by atoms with E-state index in [0.717, 1.165) is 16.9 Å². The number of ketones is 1. The molecule has 9 nitrogen and oxygen atoms in total. The van der Waals surface area contributed by atoms with E-state index in [4.69, 9.17) is 14.2 Å². The zero-order valence-corrected chi connectivity index (χ0v) is 24.3. The highest BCUT2D eigenvalue weighted by molar-refractivity contribution is 7.89. The smallest absolute Gasteiger partial charge is 0.238 e. The number of ether oxygens (including phenoxy) is 3. The summed E-state index contributed by atoms with van der Waals surface area (Å²) in [5.74, 6) is 0.930. The summed E-state index contributed by atoms with van der Waals surface area (Å²) >= 11 is 1.54. The van der Waals surface area contributed by atoms with E-state index in [2.05, 4.69) is 0 Å². The number of carbonyl (C=O) groups excluding carboxylic acids is 2. The minimum Gasteiger partial charge on any atom is -0.454 e. The van der Waals surface area contributed by atoms with E-state index in [1.54, 1.807) is 4.90 Å². The molecule has 3 aliphatic rings. The fraction of sp³-hybridized carbons (Fsp3) is 0.571. The first kappa shape index (κ1) is 28.1. The van der Waals surface area contributed by atoms with Crippen LogP contribution in [0.25, 0.3) is 0 Å². The van der Waals surface area contributed by atoms with Gasteiger partial charge in [-0.1, -0.05) is 26.0 Å². The lowest BCUT2D eigenvalue weighted by Gasteiger charge is -2.37. The Morgan fingerprint density at radius 2 is 1.97 bits per heavy atom. The maximum absolute atomic E-state index is 13.9. The Balaban J connectivity index is 1.38. The number of benzene rings is 1. The summed E-state index contributed by atoms with van der Waals surface area (Å²) in [7, 11) is -2.45. The van der Waals surface area contributed by atoms with Crippen LogP contribution >= 0.6 is 11.3 Å². The number of nitrogens with zero attached hydrogens (tertiary/aromatic N) is 2. The highest BCUT2D eigenvalue weighted by Crippen LogP contribution is 2.64. The Kier molecular flexibility index (Phi) is 7.80. The lowest BCUT2D eigenvalue weighted by atomic mass is 9.70. The molecule has 2 heterocycles. The van der Waals surface area contributed by atoms with Crippen molar-refractivity contribution in [3.8, 4) is 11.5 Å². The molecule has 39 heavy (non-hydrogen) atoms. The van der Waals surface area contributed by atoms with Gasteiger partial charge in [0, 0.05) is 36.9 Å². The van der Waals surface area contributed by atoms with Crippen LogP contribution < -0.4 is 9.47 Å². The third-order valence-electron chi connectivity index (χ3n) is 8.91. The number of hydrogen-bond acceptors (Lipinski definition) is 8. The number of fused-ring (bicyclic) bond motifs is 3. The van der Waals surface area contributed by atoms with Crippen LogP contribution in [0.3, 0.4) is 0 Å². The molecule has 2 atom stereocenters. The minimum absolute atomic E-state index is 0.0347. The Bertz CT molecular complexity index is 1330. The summed E-state index contributed by atoms with van der Waals surface area (Å²) < 4.78 is 45.1. The fourth-order valence-electron chi connectivity index (χ4n) is 6.35. The van der Waals surface area contributed by atoms with Gasteiger partial charge in [0.1, 0.15) is 5.78 Å². The van der Waals surface area contributed by atoms with E-state index in [-0.39, 0.29) is 56.4 Å². The molecule has 212 valence electrons. The number of carbonyl (C=O) groups is 2. The second-order valence-electron chi connectivity index (χ2n) is 11.3. The van der Waals surface area contributed by atoms with E-state index >= 15 is 0 Å². The third kappa shape index (κ3) is 5.33. The van der Waals surface area contributed by atoms with Gasteiger partial charge in [0.2, 0.25) is 22.7 Å². The van der Waals surface area contributed by atoms with Crippen LogP contribution in [0.4, 0.5) is 0 Å². The van der Waals surface area contributed by atoms with Gasteiger partial charge in [0.15, 0.2) is 11.5 Å². The van der Waals surface area contributed by atoms with Crippen LogP contribution in [-0.4, -0.2) is 68.7 Å². The maximum Gasteiger partial charge on any atom is 0.238 e. The van der Waals surface area contributed by atoms with E-state index in [1.807, 2.05) is 49.6 Å². The number of hydrogen-bond donors (Lipinski definition) is 0. The van der Waals surface area contributed by atoms with Crippen molar-refractivity contribution in [3.63, 3.8) is 0 Å². The zero-order chi connectivity index (χ0) is 27.8. The van der Waals surface area contributed by atoms with E-state index < -0.39 is 20.9 Å². The van der Waals surface area contributed by atoms with Gasteiger partial charge < -0.3 is 19.1 Å². The maximum atomic E-state index is 13.9. The molecule has 2 unspecified atom stereocenters. The predicted octanol–water partition coefficient (Wildman–Crippen LogP) is 3.68. The topological polar surface area (TPSA) is 102 Å². The summed E-state index contributed by atoms with van der Waals surface area (Å²) in [6.07, 6.45) is 1.86. The molecule has 0 saturated heterocycles. The van der Waals surface area contributed by atoms with E-state index in [0.29, 0.717) is 30.9 Å². The molecule has 2 fully saturated rings. The molecule has 1 amide bonds. The highest BCUT2D eigenvalue weighted by Gasteiger charge is 2.65. The van der Waals surface area contributed by atoms with Crippen molar-refractivity contribution < 1.29 is 32.2 Å². The Morgan fingerprint density at radius 1 is 1.18 bits per heavy atom. The number of sulfonamides is 1. The number of Topliss-reactive ketones (excluding diaryl/α,β-unsaturated/α-hetero) is 1. The van der Waals surface area contributed by atoms with Crippen molar-refractivity contribution in [2.45, 2.75) is 46.2 Å². The molecule has 2 aliphatic carbocycles. The summed E-state index contributed by atoms with van der Waals surface area (Å²) in [6, 6.07) is 9.42. The largest absolute Gasteiger partial charge is 0.454 e. The van der Waals surface area contributed by atoms with Crippen LogP contribution in [-0.2, 0) is 37.4 Å². The van der Waals surface area contributed by atoms with Gasteiger partial charge in [-0.15, -0.1) is 11.3 Å². The van der Waals surface area contributed by atoms with Gasteiger partial charge in [0.25, 0.3) is 0 Å². The molecular weight excluding hydrogens is 540 g/mol. The Morgan fingerprint density at radius 3 is 2.64 bits per heavy atom. The van der Waals surface area contributed by atoms with Crippen LogP contribution in [0.2, 0.25) is 0 Å². The molecule has 1 aliphatic heterocycles. The molecule has 2 bridgehead atoms. The third-order valence-corrected chi connectivity index (χ3v) is 11.7. The van der Waals surface area contributed by atoms with Gasteiger partial charge in [0.05, 0.1) is 25.4 Å². The van der Waals surface area contributed by atoms with Crippen LogP contribution in [0.5, 0.6) is 11.5 Å². The Hall–Kier alpha value is -2.47. The number of amides is 1. The average Bonchev–Trinajstić information content (AvgIpc) is 3.65. The average molecular weight is 577 g/mol. The summed E-state index contributed by atoms with van der Waals surface area (Å²) in [5, 5.41) is 1.95. The summed E-state index contributed by atoms with van der Waals surface area (Å²) in [4.78, 5) is 29.5. The second kappa shape index (κ2) is 10.8. The van der Waals surface area contributed by atoms with Crippen molar-refractivity contribution in [1.82, 2.24) is 9.21 Å². The predicted molar refractivity (Wildman–Crippen MR) is 147 cm³/mol. The van der Waals surface area contributed by atoms with Crippen molar-refractivity contribution >= 4 is 33.1 Å². The lowest BCUT2D eigenvalue weighted by Crippen LogP contribution is -2.49. The van der Waals surface area contributed by atoms with E-state index in [1.165, 1.54) is 22.8 Å². The van der Waals surface area contributed by atoms with Crippen LogP contribution in [0.1, 0.15) is 43.6 Å². The zero-order valence-electron chi connectivity index (χ0n) is 22.7. The first-order chi connectivity index (χ1) is 18.6. The SMILES string of the molecule is COCCN(CC(=O)N(Cc1ccc2c(c1)OCO2)Cc1cccs1)S(=O)(=O)CC12CCC(CC1=O)C2(C)C. The second-order valence-corrected chi connectivity index (χ2v) is 14.3. The molecule has 0 spiro atoms. The fourth-order valence-corrected chi connectivity index (χ4v) is 9.22. The molecule has 2 saturated carbocycles. The molecule has 1 aromatic heterocycles. The van der Waals surface area contributed by atoms with Gasteiger partial charge >= 0.3 is 0 Å². The quantitative estimate of drug-likeness (QED) is 0.380. The normalized spacial score (nSPS) is 23.1. The van der Waals surface area contributed by atoms with Crippen molar-refractivity contribution in [2.24, 2.45) is 16.7 Å². The lowest BCUT2D eigenvalue weighted by molar-refractivity contribution is -0.132. The van der Waals surface area contributed by atoms with Crippen molar-refractivity contribution in [3.05, 3.63) is 46.2 Å². The van der Waals surface area contributed by atoms with Crippen LogP contribution in [0, 0.1) is 16.7 Å². The first-order valence-electron chi connectivity index (χ1n) is 13.2. The summed E-state index contributed by atoms with van der Waals surface area (Å²) in [5.41, 5.74) is -0.447. The van der Waals surface area contributed by atoms with Crippen molar-refractivity contribution in [1.29, 1.82) is 0 Å².